The Bertz CT molecular complexity index is 602. The fraction of sp³-hybridized carbons (Fsp3) is 0.471. The van der Waals surface area contributed by atoms with E-state index in [0.29, 0.717) is 6.04 Å². The molecule has 3 heteroatoms. The SMILES string of the molecule is CC(CCc1ccccc1)n1c(C(C)(C)C)c[nH]c1=S. The molecule has 1 N–H and O–H groups in total. The molecule has 1 aromatic heterocycles. The van der Waals surface area contributed by atoms with Crippen molar-refractivity contribution in [2.75, 3.05) is 0 Å². The van der Waals surface area contributed by atoms with Crippen molar-refractivity contribution in [1.29, 1.82) is 0 Å². The van der Waals surface area contributed by atoms with Gasteiger partial charge in [-0.25, -0.2) is 0 Å². The fourth-order valence-electron chi connectivity index (χ4n) is 2.54. The first kappa shape index (κ1) is 15.0. The summed E-state index contributed by atoms with van der Waals surface area (Å²) in [7, 11) is 0. The maximum absolute atomic E-state index is 5.46. The highest BCUT2D eigenvalue weighted by Crippen LogP contribution is 2.27. The molecule has 0 fully saturated rings. The average molecular weight is 288 g/mol. The van der Waals surface area contributed by atoms with E-state index < -0.39 is 0 Å². The Kier molecular flexibility index (Phi) is 4.48. The number of benzene rings is 1. The van der Waals surface area contributed by atoms with E-state index in [1.165, 1.54) is 11.3 Å². The first-order valence-electron chi connectivity index (χ1n) is 7.24. The third kappa shape index (κ3) is 3.40. The lowest BCUT2D eigenvalue weighted by Crippen LogP contribution is -2.20. The highest BCUT2D eigenvalue weighted by molar-refractivity contribution is 7.71. The molecule has 0 bridgehead atoms. The Hall–Kier alpha value is -1.35. The van der Waals surface area contributed by atoms with Crippen LogP contribution in [0, 0.1) is 4.77 Å². The van der Waals surface area contributed by atoms with E-state index in [1.54, 1.807) is 0 Å². The van der Waals surface area contributed by atoms with Crippen molar-refractivity contribution in [3.63, 3.8) is 0 Å². The number of nitrogens with one attached hydrogen (secondary N) is 1. The van der Waals surface area contributed by atoms with Gasteiger partial charge >= 0.3 is 0 Å². The van der Waals surface area contributed by atoms with Crippen LogP contribution in [0.4, 0.5) is 0 Å². The smallest absolute Gasteiger partial charge is 0.177 e. The van der Waals surface area contributed by atoms with Crippen LogP contribution in [-0.4, -0.2) is 9.55 Å². The third-order valence-electron chi connectivity index (χ3n) is 3.71. The van der Waals surface area contributed by atoms with Crippen LogP contribution in [0.1, 0.15) is 51.4 Å². The lowest BCUT2D eigenvalue weighted by molar-refractivity contribution is 0.440. The number of hydrogen-bond acceptors (Lipinski definition) is 1. The molecule has 2 rings (SSSR count). The summed E-state index contributed by atoms with van der Waals surface area (Å²) in [5.41, 5.74) is 2.77. The van der Waals surface area contributed by atoms with Crippen LogP contribution in [0.25, 0.3) is 0 Å². The molecule has 1 aromatic carbocycles. The average Bonchev–Trinajstić information content (AvgIpc) is 2.79. The second kappa shape index (κ2) is 5.96. The maximum atomic E-state index is 5.46. The topological polar surface area (TPSA) is 20.7 Å². The first-order chi connectivity index (χ1) is 9.39. The van der Waals surface area contributed by atoms with Crippen LogP contribution in [0.2, 0.25) is 0 Å². The number of aryl methyl sites for hydroxylation is 1. The van der Waals surface area contributed by atoms with E-state index in [1.807, 2.05) is 0 Å². The summed E-state index contributed by atoms with van der Waals surface area (Å²) >= 11 is 5.46. The van der Waals surface area contributed by atoms with Crippen LogP contribution in [0.5, 0.6) is 0 Å². The van der Waals surface area contributed by atoms with E-state index in [2.05, 4.69) is 73.8 Å². The van der Waals surface area contributed by atoms with Gasteiger partial charge < -0.3 is 9.55 Å². The molecule has 0 saturated carbocycles. The molecule has 108 valence electrons. The predicted octanol–water partition coefficient (Wildman–Crippen LogP) is 5.04. The zero-order chi connectivity index (χ0) is 14.8. The van der Waals surface area contributed by atoms with E-state index in [9.17, 15) is 0 Å². The summed E-state index contributed by atoms with van der Waals surface area (Å²) in [6, 6.07) is 11.0. The molecule has 1 atom stereocenters. The Morgan fingerprint density at radius 3 is 2.45 bits per heavy atom. The molecule has 0 radical (unpaired) electrons. The summed E-state index contributed by atoms with van der Waals surface area (Å²) in [4.78, 5) is 3.20. The van der Waals surface area contributed by atoms with Gasteiger partial charge in [-0.05, 0) is 37.5 Å². The van der Waals surface area contributed by atoms with E-state index in [4.69, 9.17) is 12.2 Å². The summed E-state index contributed by atoms with van der Waals surface area (Å²) in [5, 5.41) is 0. The lowest BCUT2D eigenvalue weighted by Gasteiger charge is -2.24. The van der Waals surface area contributed by atoms with Gasteiger partial charge in [-0.2, -0.15) is 0 Å². The van der Waals surface area contributed by atoms with Gasteiger partial charge in [0.2, 0.25) is 0 Å². The van der Waals surface area contributed by atoms with Gasteiger partial charge in [-0.1, -0.05) is 51.1 Å². The van der Waals surface area contributed by atoms with Gasteiger partial charge in [0.05, 0.1) is 0 Å². The van der Waals surface area contributed by atoms with Crippen molar-refractivity contribution in [3.05, 3.63) is 52.6 Å². The molecule has 0 spiro atoms. The molecular formula is C17H24N2S. The molecule has 0 amide bonds. The van der Waals surface area contributed by atoms with Crippen molar-refractivity contribution in [1.82, 2.24) is 9.55 Å². The highest BCUT2D eigenvalue weighted by atomic mass is 32.1. The van der Waals surface area contributed by atoms with Crippen LogP contribution in [0.3, 0.4) is 0 Å². The third-order valence-corrected chi connectivity index (χ3v) is 4.03. The van der Waals surface area contributed by atoms with Gasteiger partial charge in [0.15, 0.2) is 4.77 Å². The Morgan fingerprint density at radius 1 is 1.20 bits per heavy atom. The van der Waals surface area contributed by atoms with Gasteiger partial charge in [0.25, 0.3) is 0 Å². The Labute approximate surface area is 126 Å². The molecule has 0 saturated heterocycles. The second-order valence-corrected chi connectivity index (χ2v) is 6.86. The molecule has 20 heavy (non-hydrogen) atoms. The largest absolute Gasteiger partial charge is 0.337 e. The normalized spacial score (nSPS) is 13.4. The van der Waals surface area contributed by atoms with Crippen LogP contribution in [0.15, 0.2) is 36.5 Å². The monoisotopic (exact) mass is 288 g/mol. The molecule has 0 aliphatic rings. The predicted molar refractivity (Wildman–Crippen MR) is 87.8 cm³/mol. The van der Waals surface area contributed by atoms with Crippen LogP contribution < -0.4 is 0 Å². The van der Waals surface area contributed by atoms with Gasteiger partial charge in [-0.15, -0.1) is 0 Å². The molecular weight excluding hydrogens is 264 g/mol. The van der Waals surface area contributed by atoms with Crippen LogP contribution in [-0.2, 0) is 11.8 Å². The number of hydrogen-bond donors (Lipinski definition) is 1. The van der Waals surface area contributed by atoms with E-state index >= 15 is 0 Å². The van der Waals surface area contributed by atoms with Gasteiger partial charge in [0.1, 0.15) is 0 Å². The molecule has 2 aromatic rings. The zero-order valence-corrected chi connectivity index (χ0v) is 13.6. The lowest BCUT2D eigenvalue weighted by atomic mass is 9.92. The van der Waals surface area contributed by atoms with Crippen molar-refractivity contribution in [2.45, 2.75) is 52.0 Å². The molecule has 0 aliphatic carbocycles. The molecule has 1 unspecified atom stereocenters. The number of imidazole rings is 1. The van der Waals surface area contributed by atoms with Crippen molar-refractivity contribution in [2.24, 2.45) is 0 Å². The fourth-order valence-corrected chi connectivity index (χ4v) is 2.88. The summed E-state index contributed by atoms with van der Waals surface area (Å²) in [5.74, 6) is 0. The summed E-state index contributed by atoms with van der Waals surface area (Å²) in [6.07, 6.45) is 4.24. The highest BCUT2D eigenvalue weighted by Gasteiger charge is 2.21. The van der Waals surface area contributed by atoms with E-state index in [0.717, 1.165) is 17.6 Å². The molecule has 1 heterocycles. The first-order valence-corrected chi connectivity index (χ1v) is 7.64. The second-order valence-electron chi connectivity index (χ2n) is 6.47. The van der Waals surface area contributed by atoms with Crippen molar-refractivity contribution >= 4 is 12.2 Å². The molecule has 2 nitrogen and oxygen atoms in total. The van der Waals surface area contributed by atoms with Crippen LogP contribution >= 0.6 is 12.2 Å². The number of aromatic amines is 1. The zero-order valence-electron chi connectivity index (χ0n) is 12.8. The minimum Gasteiger partial charge on any atom is -0.337 e. The van der Waals surface area contributed by atoms with Crippen molar-refractivity contribution in [3.8, 4) is 0 Å². The maximum Gasteiger partial charge on any atom is 0.177 e. The van der Waals surface area contributed by atoms with Gasteiger partial charge in [0, 0.05) is 23.3 Å². The van der Waals surface area contributed by atoms with Crippen molar-refractivity contribution < 1.29 is 0 Å². The summed E-state index contributed by atoms with van der Waals surface area (Å²) in [6.45, 7) is 8.93. The standard InChI is InChI=1S/C17H24N2S/c1-13(10-11-14-8-6-5-7-9-14)19-15(17(2,3)4)12-18-16(19)20/h5-9,12-13H,10-11H2,1-4H3,(H,18,20). The molecule has 0 aliphatic heterocycles. The number of H-pyrrole nitrogens is 1. The quantitative estimate of drug-likeness (QED) is 0.782. The minimum absolute atomic E-state index is 0.106. The number of nitrogens with zero attached hydrogens (tertiary/aromatic N) is 1. The Balaban J connectivity index is 2.16. The van der Waals surface area contributed by atoms with E-state index in [-0.39, 0.29) is 5.41 Å². The number of aromatic nitrogens is 2. The number of rotatable bonds is 4. The Morgan fingerprint density at radius 2 is 1.85 bits per heavy atom. The minimum atomic E-state index is 0.106. The summed E-state index contributed by atoms with van der Waals surface area (Å²) < 4.78 is 3.11. The van der Waals surface area contributed by atoms with Gasteiger partial charge in [-0.3, -0.25) is 0 Å².